The van der Waals surface area contributed by atoms with Crippen molar-refractivity contribution in [2.24, 2.45) is 0 Å². The number of carbonyl (C=O) groups is 2. The lowest BCUT2D eigenvalue weighted by atomic mass is 10.1. The number of fused-ring (bicyclic) bond motifs is 1. The van der Waals surface area contributed by atoms with E-state index in [1.807, 2.05) is 0 Å². The Balaban J connectivity index is 2.56. The number of anilines is 1. The predicted octanol–water partition coefficient (Wildman–Crippen LogP) is 1.75. The van der Waals surface area contributed by atoms with Gasteiger partial charge in [-0.1, -0.05) is 6.07 Å². The Labute approximate surface area is 107 Å². The average molecular weight is 298 g/mol. The van der Waals surface area contributed by atoms with Crippen LogP contribution in [0.2, 0.25) is 0 Å². The molecule has 0 fully saturated rings. The molecule has 90 valence electrons. The molecule has 1 aromatic carbocycles. The van der Waals surface area contributed by atoms with Gasteiger partial charge in [-0.3, -0.25) is 14.5 Å². The van der Waals surface area contributed by atoms with Crippen molar-refractivity contribution < 1.29 is 14.7 Å². The van der Waals surface area contributed by atoms with Gasteiger partial charge in [0.2, 0.25) is 0 Å². The smallest absolute Gasteiger partial charge is 0.299 e. The first-order valence-corrected chi connectivity index (χ1v) is 6.09. The van der Waals surface area contributed by atoms with Crippen molar-refractivity contribution >= 4 is 33.3 Å². The molecule has 1 aliphatic heterocycles. The van der Waals surface area contributed by atoms with E-state index in [2.05, 4.69) is 15.9 Å². The molecule has 1 heterocycles. The highest BCUT2D eigenvalue weighted by Crippen LogP contribution is 2.35. The highest BCUT2D eigenvalue weighted by molar-refractivity contribution is 9.10. The topological polar surface area (TPSA) is 57.6 Å². The molecular formula is C12H12BrNO3. The van der Waals surface area contributed by atoms with Crippen molar-refractivity contribution in [2.45, 2.75) is 26.0 Å². The number of aliphatic hydroxyl groups excluding tert-OH is 1. The number of hydrogen-bond acceptors (Lipinski definition) is 3. The molecule has 4 nitrogen and oxygen atoms in total. The number of aliphatic hydroxyl groups is 1. The zero-order valence-corrected chi connectivity index (χ0v) is 11.1. The molecule has 1 amide bonds. The van der Waals surface area contributed by atoms with Gasteiger partial charge in [-0.25, -0.2) is 0 Å². The summed E-state index contributed by atoms with van der Waals surface area (Å²) in [6, 6.07) is 4.76. The quantitative estimate of drug-likeness (QED) is 0.846. The zero-order chi connectivity index (χ0) is 12.7. The Morgan fingerprint density at radius 2 is 1.94 bits per heavy atom. The molecule has 5 heteroatoms. The second-order valence-corrected chi connectivity index (χ2v) is 4.97. The molecule has 1 aliphatic rings. The molecule has 0 bridgehead atoms. The van der Waals surface area contributed by atoms with Gasteiger partial charge in [0, 0.05) is 4.47 Å². The van der Waals surface area contributed by atoms with E-state index in [1.54, 1.807) is 32.0 Å². The summed E-state index contributed by atoms with van der Waals surface area (Å²) >= 11 is 3.27. The standard InChI is InChI=1S/C12H12BrNO3/c1-6(7(2)15)14-9-5-3-4-8(13)10(9)11(16)12(14)17/h3-7,15H,1-2H3. The third-order valence-corrected chi connectivity index (χ3v) is 3.66. The van der Waals surface area contributed by atoms with Gasteiger partial charge in [0.05, 0.1) is 23.4 Å². The van der Waals surface area contributed by atoms with E-state index in [0.717, 1.165) is 0 Å². The van der Waals surface area contributed by atoms with E-state index < -0.39 is 23.8 Å². The first-order valence-electron chi connectivity index (χ1n) is 5.29. The van der Waals surface area contributed by atoms with E-state index in [-0.39, 0.29) is 0 Å². The Morgan fingerprint density at radius 3 is 2.53 bits per heavy atom. The van der Waals surface area contributed by atoms with Crippen LogP contribution in [-0.4, -0.2) is 28.9 Å². The number of amides is 1. The molecule has 0 aliphatic carbocycles. The second-order valence-electron chi connectivity index (χ2n) is 4.12. The summed E-state index contributed by atoms with van der Waals surface area (Å²) in [6.07, 6.45) is -0.698. The van der Waals surface area contributed by atoms with Crippen molar-refractivity contribution in [3.63, 3.8) is 0 Å². The van der Waals surface area contributed by atoms with Crippen LogP contribution in [0, 0.1) is 0 Å². The third-order valence-electron chi connectivity index (χ3n) is 3.00. The Morgan fingerprint density at radius 1 is 1.29 bits per heavy atom. The van der Waals surface area contributed by atoms with Crippen LogP contribution in [0.3, 0.4) is 0 Å². The van der Waals surface area contributed by atoms with Crippen LogP contribution in [0.1, 0.15) is 24.2 Å². The summed E-state index contributed by atoms with van der Waals surface area (Å²) in [5, 5.41) is 9.56. The van der Waals surface area contributed by atoms with Gasteiger partial charge in [-0.15, -0.1) is 0 Å². The monoisotopic (exact) mass is 297 g/mol. The molecule has 2 atom stereocenters. The SMILES string of the molecule is CC(O)C(C)N1C(=O)C(=O)c2c(Br)cccc21. The summed E-state index contributed by atoms with van der Waals surface area (Å²) in [4.78, 5) is 25.1. The minimum atomic E-state index is -0.698. The molecule has 1 aromatic rings. The Kier molecular flexibility index (Phi) is 3.05. The average Bonchev–Trinajstić information content (AvgIpc) is 2.52. The zero-order valence-electron chi connectivity index (χ0n) is 9.48. The largest absolute Gasteiger partial charge is 0.391 e. The number of nitrogens with zero attached hydrogens (tertiary/aromatic N) is 1. The fourth-order valence-electron chi connectivity index (χ4n) is 1.88. The summed E-state index contributed by atoms with van der Waals surface area (Å²) in [6.45, 7) is 3.31. The fourth-order valence-corrected chi connectivity index (χ4v) is 2.42. The number of Topliss-reactive ketones (excluding diaryl/α,β-unsaturated/α-hetero) is 1. The highest BCUT2D eigenvalue weighted by Gasteiger charge is 2.40. The molecule has 0 saturated carbocycles. The van der Waals surface area contributed by atoms with Gasteiger partial charge >= 0.3 is 0 Å². The van der Waals surface area contributed by atoms with Crippen molar-refractivity contribution in [3.8, 4) is 0 Å². The van der Waals surface area contributed by atoms with Gasteiger partial charge in [0.15, 0.2) is 0 Å². The second kappa shape index (κ2) is 4.23. The molecule has 2 unspecified atom stereocenters. The van der Waals surface area contributed by atoms with Crippen LogP contribution in [0.4, 0.5) is 5.69 Å². The molecule has 1 N–H and O–H groups in total. The van der Waals surface area contributed by atoms with Crippen LogP contribution in [-0.2, 0) is 4.79 Å². The van der Waals surface area contributed by atoms with Crippen molar-refractivity contribution in [2.75, 3.05) is 4.90 Å². The molecule has 0 radical (unpaired) electrons. The third kappa shape index (κ3) is 1.79. The van der Waals surface area contributed by atoms with Gasteiger partial charge < -0.3 is 5.11 Å². The molecule has 0 aromatic heterocycles. The molecule has 17 heavy (non-hydrogen) atoms. The fraction of sp³-hybridized carbons (Fsp3) is 0.333. The first kappa shape index (κ1) is 12.3. The number of benzene rings is 1. The van der Waals surface area contributed by atoms with Gasteiger partial charge in [0.1, 0.15) is 0 Å². The molecular weight excluding hydrogens is 286 g/mol. The predicted molar refractivity (Wildman–Crippen MR) is 67.1 cm³/mol. The maximum Gasteiger partial charge on any atom is 0.299 e. The lowest BCUT2D eigenvalue weighted by Gasteiger charge is -2.26. The van der Waals surface area contributed by atoms with Crippen molar-refractivity contribution in [1.29, 1.82) is 0 Å². The van der Waals surface area contributed by atoms with E-state index in [1.165, 1.54) is 4.90 Å². The molecule has 0 spiro atoms. The van der Waals surface area contributed by atoms with E-state index >= 15 is 0 Å². The van der Waals surface area contributed by atoms with E-state index in [0.29, 0.717) is 15.7 Å². The van der Waals surface area contributed by atoms with Gasteiger partial charge in [0.25, 0.3) is 11.7 Å². The van der Waals surface area contributed by atoms with E-state index in [9.17, 15) is 14.7 Å². The lowest BCUT2D eigenvalue weighted by Crippen LogP contribution is -2.43. The van der Waals surface area contributed by atoms with Gasteiger partial charge in [-0.05, 0) is 41.9 Å². The van der Waals surface area contributed by atoms with Crippen molar-refractivity contribution in [1.82, 2.24) is 0 Å². The van der Waals surface area contributed by atoms with Crippen molar-refractivity contribution in [3.05, 3.63) is 28.2 Å². The van der Waals surface area contributed by atoms with E-state index in [4.69, 9.17) is 0 Å². The normalized spacial score (nSPS) is 18.2. The Hall–Kier alpha value is -1.20. The maximum absolute atomic E-state index is 11.9. The number of carbonyl (C=O) groups excluding carboxylic acids is 2. The van der Waals surface area contributed by atoms with Gasteiger partial charge in [-0.2, -0.15) is 0 Å². The Bertz CT molecular complexity index is 499. The van der Waals surface area contributed by atoms with Crippen LogP contribution in [0.25, 0.3) is 0 Å². The lowest BCUT2D eigenvalue weighted by molar-refractivity contribution is -0.115. The first-order chi connectivity index (χ1) is 7.95. The maximum atomic E-state index is 11.9. The van der Waals surface area contributed by atoms with Crippen LogP contribution >= 0.6 is 15.9 Å². The molecule has 0 saturated heterocycles. The molecule has 2 rings (SSSR count). The summed E-state index contributed by atoms with van der Waals surface area (Å²) in [5.41, 5.74) is 0.938. The van der Waals surface area contributed by atoms with Crippen LogP contribution in [0.15, 0.2) is 22.7 Å². The number of hydrogen-bond donors (Lipinski definition) is 1. The minimum Gasteiger partial charge on any atom is -0.391 e. The van der Waals surface area contributed by atoms with Crippen LogP contribution < -0.4 is 4.90 Å². The summed E-state index contributed by atoms with van der Waals surface area (Å²) < 4.78 is 0.605. The number of halogens is 1. The number of ketones is 1. The highest BCUT2D eigenvalue weighted by atomic mass is 79.9. The number of rotatable bonds is 2. The summed E-state index contributed by atoms with van der Waals surface area (Å²) in [7, 11) is 0. The summed E-state index contributed by atoms with van der Waals surface area (Å²) in [5.74, 6) is -1.11. The minimum absolute atomic E-state index is 0.380. The van der Waals surface area contributed by atoms with Crippen LogP contribution in [0.5, 0.6) is 0 Å².